The number of nitrogens with two attached hydrogens (primary N) is 1. The number of guanidine groups is 1. The highest BCUT2D eigenvalue weighted by molar-refractivity contribution is 14.0. The van der Waals surface area contributed by atoms with E-state index in [0.717, 1.165) is 31.7 Å². The molecule has 0 aliphatic carbocycles. The lowest BCUT2D eigenvalue weighted by Crippen LogP contribution is -2.37. The van der Waals surface area contributed by atoms with Crippen LogP contribution in [0.25, 0.3) is 0 Å². The van der Waals surface area contributed by atoms with E-state index in [1.807, 2.05) is 12.1 Å². The van der Waals surface area contributed by atoms with Gasteiger partial charge < -0.3 is 15.8 Å². The number of ether oxygens (including phenoxy) is 1. The minimum Gasteiger partial charge on any atom is -0.376 e. The zero-order chi connectivity index (χ0) is 11.9. The van der Waals surface area contributed by atoms with Gasteiger partial charge in [-0.25, -0.2) is 4.99 Å². The number of aromatic nitrogens is 2. The van der Waals surface area contributed by atoms with Gasteiger partial charge in [0.25, 0.3) is 0 Å². The van der Waals surface area contributed by atoms with Crippen LogP contribution in [-0.4, -0.2) is 35.4 Å². The van der Waals surface area contributed by atoms with Crippen molar-refractivity contribution in [2.45, 2.75) is 25.5 Å². The van der Waals surface area contributed by atoms with Crippen molar-refractivity contribution in [1.29, 1.82) is 0 Å². The Labute approximate surface area is 123 Å². The lowest BCUT2D eigenvalue weighted by molar-refractivity contribution is 0.114. The second kappa shape index (κ2) is 8.20. The standard InChI is InChI=1S/C11H17N5O.HI/c12-11(14-8-10-4-2-6-17-10)13-7-9-3-1-5-15-16-9;/h1,3,5,10H,2,4,6-8H2,(H3,12,13,14);1H. The molecule has 18 heavy (non-hydrogen) atoms. The summed E-state index contributed by atoms with van der Waals surface area (Å²) in [7, 11) is 0. The Morgan fingerprint density at radius 1 is 1.61 bits per heavy atom. The third-order valence-electron chi connectivity index (χ3n) is 2.57. The molecule has 2 heterocycles. The first-order valence-corrected chi connectivity index (χ1v) is 5.76. The molecule has 0 amide bonds. The number of aliphatic imine (C=N–C) groups is 1. The normalized spacial score (nSPS) is 19.3. The van der Waals surface area contributed by atoms with Crippen molar-refractivity contribution in [3.05, 3.63) is 24.0 Å². The molecule has 7 heteroatoms. The van der Waals surface area contributed by atoms with Crippen molar-refractivity contribution >= 4 is 29.9 Å². The average Bonchev–Trinajstić information content (AvgIpc) is 2.88. The summed E-state index contributed by atoms with van der Waals surface area (Å²) in [6.07, 6.45) is 4.11. The van der Waals surface area contributed by atoms with Crippen LogP contribution < -0.4 is 11.1 Å². The highest BCUT2D eigenvalue weighted by atomic mass is 127. The molecule has 1 aliphatic heterocycles. The number of nitrogens with one attached hydrogen (secondary N) is 1. The van der Waals surface area contributed by atoms with E-state index < -0.39 is 0 Å². The summed E-state index contributed by atoms with van der Waals surface area (Å²) in [5.41, 5.74) is 6.54. The summed E-state index contributed by atoms with van der Waals surface area (Å²) in [5, 5.41) is 10.7. The molecule has 0 aromatic carbocycles. The maximum Gasteiger partial charge on any atom is 0.189 e. The summed E-state index contributed by atoms with van der Waals surface area (Å²) in [6, 6.07) is 3.69. The largest absolute Gasteiger partial charge is 0.376 e. The predicted molar refractivity (Wildman–Crippen MR) is 79.8 cm³/mol. The van der Waals surface area contributed by atoms with E-state index in [-0.39, 0.29) is 30.1 Å². The molecule has 1 aliphatic rings. The molecule has 0 spiro atoms. The maximum absolute atomic E-state index is 5.73. The number of nitrogens with zero attached hydrogens (tertiary/aromatic N) is 3. The molecule has 0 radical (unpaired) electrons. The van der Waals surface area contributed by atoms with E-state index in [4.69, 9.17) is 10.5 Å². The molecular weight excluding hydrogens is 345 g/mol. The van der Waals surface area contributed by atoms with Gasteiger partial charge in [0.1, 0.15) is 0 Å². The van der Waals surface area contributed by atoms with E-state index in [0.29, 0.717) is 12.5 Å². The molecule has 1 unspecified atom stereocenters. The zero-order valence-corrected chi connectivity index (χ0v) is 12.4. The summed E-state index contributed by atoms with van der Waals surface area (Å²) in [5.74, 6) is 0.422. The van der Waals surface area contributed by atoms with E-state index in [1.165, 1.54) is 0 Å². The van der Waals surface area contributed by atoms with Gasteiger partial charge in [0.15, 0.2) is 5.96 Å². The monoisotopic (exact) mass is 363 g/mol. The second-order valence-electron chi connectivity index (χ2n) is 3.93. The van der Waals surface area contributed by atoms with E-state index in [2.05, 4.69) is 20.5 Å². The van der Waals surface area contributed by atoms with Gasteiger partial charge in [-0.1, -0.05) is 0 Å². The van der Waals surface area contributed by atoms with Crippen molar-refractivity contribution in [3.8, 4) is 0 Å². The van der Waals surface area contributed by atoms with Gasteiger partial charge in [0, 0.05) is 19.3 Å². The van der Waals surface area contributed by atoms with Gasteiger partial charge in [-0.15, -0.1) is 24.0 Å². The Hall–Kier alpha value is -0.960. The fourth-order valence-corrected chi connectivity index (χ4v) is 1.66. The highest BCUT2D eigenvalue weighted by Gasteiger charge is 2.14. The van der Waals surface area contributed by atoms with Crippen LogP contribution in [0, 0.1) is 0 Å². The van der Waals surface area contributed by atoms with Crippen molar-refractivity contribution in [3.63, 3.8) is 0 Å². The summed E-state index contributed by atoms with van der Waals surface area (Å²) in [4.78, 5) is 4.18. The van der Waals surface area contributed by atoms with Gasteiger partial charge in [-0.05, 0) is 25.0 Å². The molecule has 2 rings (SSSR count). The fourth-order valence-electron chi connectivity index (χ4n) is 1.66. The second-order valence-corrected chi connectivity index (χ2v) is 3.93. The van der Waals surface area contributed by atoms with Gasteiger partial charge in [0.2, 0.25) is 0 Å². The molecule has 1 saturated heterocycles. The Kier molecular flexibility index (Phi) is 6.88. The van der Waals surface area contributed by atoms with Gasteiger partial charge in [-0.2, -0.15) is 10.2 Å². The Balaban J connectivity index is 0.00000162. The number of rotatable bonds is 4. The smallest absolute Gasteiger partial charge is 0.189 e. The molecule has 1 aromatic heterocycles. The van der Waals surface area contributed by atoms with Gasteiger partial charge >= 0.3 is 0 Å². The first kappa shape index (κ1) is 15.1. The number of hydrogen-bond donors (Lipinski definition) is 2. The molecule has 6 nitrogen and oxygen atoms in total. The molecule has 100 valence electrons. The molecule has 1 fully saturated rings. The van der Waals surface area contributed by atoms with Crippen LogP contribution in [0.5, 0.6) is 0 Å². The first-order chi connectivity index (χ1) is 8.34. The van der Waals surface area contributed by atoms with Crippen molar-refractivity contribution < 1.29 is 4.74 Å². The van der Waals surface area contributed by atoms with Crippen LogP contribution >= 0.6 is 24.0 Å². The molecule has 1 atom stereocenters. The van der Waals surface area contributed by atoms with Crippen molar-refractivity contribution in [1.82, 2.24) is 15.5 Å². The fraction of sp³-hybridized carbons (Fsp3) is 0.545. The van der Waals surface area contributed by atoms with Crippen LogP contribution in [0.4, 0.5) is 0 Å². The number of halogens is 1. The quantitative estimate of drug-likeness (QED) is 0.467. The van der Waals surface area contributed by atoms with Crippen molar-refractivity contribution in [2.75, 3.05) is 13.2 Å². The molecule has 3 N–H and O–H groups in total. The molecule has 0 bridgehead atoms. The van der Waals surface area contributed by atoms with Crippen LogP contribution in [0.15, 0.2) is 23.3 Å². The molecular formula is C11H18IN5O. The minimum atomic E-state index is 0. The lowest BCUT2D eigenvalue weighted by atomic mass is 10.2. The lowest BCUT2D eigenvalue weighted by Gasteiger charge is -2.10. The number of hydrogen-bond acceptors (Lipinski definition) is 4. The Morgan fingerprint density at radius 2 is 2.50 bits per heavy atom. The maximum atomic E-state index is 5.73. The Bertz CT molecular complexity index is 367. The summed E-state index contributed by atoms with van der Waals surface area (Å²) < 4.78 is 5.47. The third kappa shape index (κ3) is 5.13. The van der Waals surface area contributed by atoms with E-state index >= 15 is 0 Å². The van der Waals surface area contributed by atoms with E-state index in [9.17, 15) is 0 Å². The van der Waals surface area contributed by atoms with Gasteiger partial charge in [-0.3, -0.25) is 0 Å². The van der Waals surface area contributed by atoms with Crippen LogP contribution in [0.2, 0.25) is 0 Å². The van der Waals surface area contributed by atoms with E-state index in [1.54, 1.807) is 6.20 Å². The SMILES string of the molecule is I.NC(=NCc1cccnn1)NCC1CCCO1. The Morgan fingerprint density at radius 3 is 3.17 bits per heavy atom. The minimum absolute atomic E-state index is 0. The first-order valence-electron chi connectivity index (χ1n) is 5.76. The van der Waals surface area contributed by atoms with Crippen LogP contribution in [-0.2, 0) is 11.3 Å². The van der Waals surface area contributed by atoms with Crippen LogP contribution in [0.3, 0.4) is 0 Å². The highest BCUT2D eigenvalue weighted by Crippen LogP contribution is 2.10. The summed E-state index contributed by atoms with van der Waals surface area (Å²) in [6.45, 7) is 2.01. The van der Waals surface area contributed by atoms with Crippen LogP contribution in [0.1, 0.15) is 18.5 Å². The summed E-state index contributed by atoms with van der Waals surface area (Å²) >= 11 is 0. The molecule has 0 saturated carbocycles. The predicted octanol–water partition coefficient (Wildman–Crippen LogP) is 0.678. The third-order valence-corrected chi connectivity index (χ3v) is 2.57. The topological polar surface area (TPSA) is 85.4 Å². The average molecular weight is 363 g/mol. The van der Waals surface area contributed by atoms with Gasteiger partial charge in [0.05, 0.1) is 18.3 Å². The zero-order valence-electron chi connectivity index (χ0n) is 10.1. The molecule has 1 aromatic rings. The van der Waals surface area contributed by atoms with Crippen molar-refractivity contribution in [2.24, 2.45) is 10.7 Å².